The topological polar surface area (TPSA) is 289 Å². The first-order chi connectivity index (χ1) is 29.9. The molecule has 5 rings (SSSR count). The summed E-state index contributed by atoms with van der Waals surface area (Å²) in [5.41, 5.74) is 11.8. The highest BCUT2D eigenvalue weighted by atomic mass is 16.5. The van der Waals surface area contributed by atoms with Crippen LogP contribution in [0, 0.1) is 0 Å². The number of hydrogen-bond donors (Lipinski definition) is 8. The van der Waals surface area contributed by atoms with Gasteiger partial charge in [-0.2, -0.15) is 0 Å². The fourth-order valence-corrected chi connectivity index (χ4v) is 7.48. The fraction of sp³-hybridized carbons (Fsp3) is 0.476. The molecule has 20 nitrogen and oxygen atoms in total. The highest BCUT2D eigenvalue weighted by Gasteiger charge is 2.29. The lowest BCUT2D eigenvalue weighted by atomic mass is 9.90. The molecule has 1 heterocycles. The van der Waals surface area contributed by atoms with Crippen LogP contribution in [-0.2, 0) is 0 Å². The lowest BCUT2D eigenvalue weighted by Crippen LogP contribution is -2.44. The maximum absolute atomic E-state index is 13.4. The highest BCUT2D eigenvalue weighted by molar-refractivity contribution is 6.04. The van der Waals surface area contributed by atoms with E-state index in [9.17, 15) is 28.8 Å². The van der Waals surface area contributed by atoms with Crippen molar-refractivity contribution in [3.63, 3.8) is 0 Å². The van der Waals surface area contributed by atoms with Crippen molar-refractivity contribution in [2.45, 2.75) is 75.5 Å². The van der Waals surface area contributed by atoms with Gasteiger partial charge in [0.1, 0.15) is 40.7 Å². The number of hydrogen-bond acceptors (Lipinski definition) is 14. The van der Waals surface area contributed by atoms with Crippen LogP contribution in [0.5, 0.6) is 23.0 Å². The van der Waals surface area contributed by atoms with Crippen molar-refractivity contribution in [3.8, 4) is 23.0 Å². The van der Waals surface area contributed by atoms with E-state index in [1.54, 1.807) is 0 Å². The van der Waals surface area contributed by atoms with Crippen molar-refractivity contribution < 1.29 is 47.7 Å². The normalized spacial score (nSPS) is 18.3. The van der Waals surface area contributed by atoms with E-state index in [0.717, 1.165) is 0 Å². The Morgan fingerprint density at radius 1 is 0.468 bits per heavy atom. The maximum atomic E-state index is 13.4. The number of nitrogens with one attached hydrogen (secondary N) is 6. The molecule has 2 aliphatic rings. The largest absolute Gasteiger partial charge is 0.496 e. The molecule has 2 saturated carbocycles. The first-order valence-corrected chi connectivity index (χ1v) is 20.5. The molecule has 1 aromatic heterocycles. The number of carbonyl (C=O) groups is 6. The molecule has 10 N–H and O–H groups in total. The van der Waals surface area contributed by atoms with Gasteiger partial charge in [-0.1, -0.05) is 0 Å². The summed E-state index contributed by atoms with van der Waals surface area (Å²) < 4.78 is 21.6. The van der Waals surface area contributed by atoms with Crippen LogP contribution < -0.4 is 62.3 Å². The number of carbonyl (C=O) groups excluding carboxylic acids is 6. The van der Waals surface area contributed by atoms with Gasteiger partial charge in [0.25, 0.3) is 35.4 Å². The second-order valence-electron chi connectivity index (χ2n) is 14.9. The number of amides is 6. The number of rotatable bonds is 18. The molecule has 20 heteroatoms. The van der Waals surface area contributed by atoms with Crippen molar-refractivity contribution in [2.75, 3.05) is 54.6 Å². The molecule has 2 aromatic carbocycles. The standard InChI is InChI=1S/C42H56N10O10/c1-59-33-20-35(61-3)29(17-27(33)37(53)45-15-13-43)39(55)49-23-5-9-25(10-6-23)51-41(57)31-19-32(48-22-47-31)42(58)52-26-11-7-24(8-12-26)50-40(56)30-18-28(38(54)46-16-14-44)34(60-2)21-36(30)62-4/h17-26H,5-16,43-44H2,1-4H3,(H,45,53)(H,46,54)(H,49,55)(H,50,56)(H,51,57)(H,52,58)/t23-,24-,25-,26-. The van der Waals surface area contributed by atoms with E-state index >= 15 is 0 Å². The van der Waals surface area contributed by atoms with E-state index in [1.165, 1.54) is 65.1 Å². The van der Waals surface area contributed by atoms with Gasteiger partial charge in [-0.25, -0.2) is 9.97 Å². The monoisotopic (exact) mass is 860 g/mol. The highest BCUT2D eigenvalue weighted by Crippen LogP contribution is 2.32. The molecule has 0 bridgehead atoms. The Hall–Kier alpha value is -6.54. The van der Waals surface area contributed by atoms with E-state index in [0.29, 0.717) is 51.4 Å². The Morgan fingerprint density at radius 3 is 1.05 bits per heavy atom. The van der Waals surface area contributed by atoms with Crippen molar-refractivity contribution in [1.82, 2.24) is 41.9 Å². The molecule has 2 fully saturated rings. The third-order valence-corrected chi connectivity index (χ3v) is 10.8. The van der Waals surface area contributed by atoms with Crippen LogP contribution in [0.25, 0.3) is 0 Å². The SMILES string of the molecule is COc1cc(OC)c(C(=O)N[C@H]2CC[C@H](NC(=O)c3cc(C(=O)N[C@H]4CC[C@H](NC(=O)c5cc(C(=O)NCCN)c(OC)cc5OC)CC4)ncn3)CC2)cc1C(=O)NCCN. The summed E-state index contributed by atoms with van der Waals surface area (Å²) in [5, 5.41) is 17.4. The molecular formula is C42H56N10O10. The average Bonchev–Trinajstić information content (AvgIpc) is 3.30. The Balaban J connectivity index is 1.09. The molecule has 0 radical (unpaired) electrons. The number of nitrogens with two attached hydrogens (primary N) is 2. The third kappa shape index (κ3) is 11.8. The van der Waals surface area contributed by atoms with Crippen molar-refractivity contribution >= 4 is 35.4 Å². The van der Waals surface area contributed by atoms with Gasteiger partial charge in [0, 0.05) is 68.5 Å². The van der Waals surface area contributed by atoms with Gasteiger partial charge in [-0.05, 0) is 63.5 Å². The molecule has 0 spiro atoms. The Morgan fingerprint density at radius 2 is 0.758 bits per heavy atom. The Labute approximate surface area is 359 Å². The zero-order valence-electron chi connectivity index (χ0n) is 35.4. The van der Waals surface area contributed by atoms with Gasteiger partial charge in [0.2, 0.25) is 0 Å². The number of aromatic nitrogens is 2. The molecule has 0 aliphatic heterocycles. The lowest BCUT2D eigenvalue weighted by Gasteiger charge is -2.30. The molecule has 334 valence electrons. The molecule has 62 heavy (non-hydrogen) atoms. The van der Waals surface area contributed by atoms with Gasteiger partial charge < -0.3 is 62.3 Å². The van der Waals surface area contributed by atoms with Crippen LogP contribution in [0.1, 0.15) is 114 Å². The van der Waals surface area contributed by atoms with Crippen molar-refractivity contribution in [1.29, 1.82) is 0 Å². The first kappa shape index (κ1) is 46.5. The zero-order valence-corrected chi connectivity index (χ0v) is 35.4. The summed E-state index contributed by atoms with van der Waals surface area (Å²) in [7, 11) is 5.68. The van der Waals surface area contributed by atoms with Crippen molar-refractivity contribution in [2.24, 2.45) is 11.5 Å². The minimum Gasteiger partial charge on any atom is -0.496 e. The average molecular weight is 861 g/mol. The minimum atomic E-state index is -0.453. The lowest BCUT2D eigenvalue weighted by molar-refractivity contribution is 0.0882. The zero-order chi connectivity index (χ0) is 44.8. The number of methoxy groups -OCH3 is 4. The van der Waals surface area contributed by atoms with Crippen LogP contribution in [-0.4, -0.2) is 124 Å². The summed E-state index contributed by atoms with van der Waals surface area (Å²) >= 11 is 0. The van der Waals surface area contributed by atoms with Crippen LogP contribution in [0.3, 0.4) is 0 Å². The van der Waals surface area contributed by atoms with E-state index in [-0.39, 0.29) is 107 Å². The molecular weight excluding hydrogens is 805 g/mol. The second kappa shape index (κ2) is 22.3. The fourth-order valence-electron chi connectivity index (χ4n) is 7.48. The van der Waals surface area contributed by atoms with Gasteiger partial charge in [-0.3, -0.25) is 28.8 Å². The van der Waals surface area contributed by atoms with Gasteiger partial charge in [0.05, 0.1) is 50.7 Å². The first-order valence-electron chi connectivity index (χ1n) is 20.5. The van der Waals surface area contributed by atoms with E-state index in [2.05, 4.69) is 41.9 Å². The summed E-state index contributed by atoms with van der Waals surface area (Å²) in [6, 6.07) is 6.43. The molecule has 0 unspecified atom stereocenters. The van der Waals surface area contributed by atoms with Crippen molar-refractivity contribution in [3.05, 3.63) is 70.3 Å². The quantitative estimate of drug-likeness (QED) is 0.0880. The molecule has 6 amide bonds. The molecule has 0 atom stereocenters. The predicted molar refractivity (Wildman–Crippen MR) is 226 cm³/mol. The predicted octanol–water partition coefficient (Wildman–Crippen LogP) is 0.830. The smallest absolute Gasteiger partial charge is 0.270 e. The summed E-state index contributed by atoms with van der Waals surface area (Å²) in [5.74, 6) is -1.61. The molecule has 0 saturated heterocycles. The number of ether oxygens (including phenoxy) is 4. The van der Waals surface area contributed by atoms with E-state index in [1.807, 2.05) is 0 Å². The molecule has 3 aromatic rings. The van der Waals surface area contributed by atoms with E-state index < -0.39 is 35.4 Å². The third-order valence-electron chi connectivity index (χ3n) is 10.8. The van der Waals surface area contributed by atoms with Gasteiger partial charge in [0.15, 0.2) is 0 Å². The van der Waals surface area contributed by atoms with E-state index in [4.69, 9.17) is 30.4 Å². The summed E-state index contributed by atoms with van der Waals surface area (Å²) in [6.45, 7) is 1.01. The van der Waals surface area contributed by atoms with Crippen LogP contribution >= 0.6 is 0 Å². The molecule has 2 aliphatic carbocycles. The van der Waals surface area contributed by atoms with Gasteiger partial charge in [-0.15, -0.1) is 0 Å². The maximum Gasteiger partial charge on any atom is 0.270 e. The van der Waals surface area contributed by atoms with Crippen LogP contribution in [0.15, 0.2) is 36.7 Å². The minimum absolute atomic E-state index is 0.0406. The Kier molecular flexibility index (Phi) is 16.8. The number of benzene rings is 2. The Bertz CT molecular complexity index is 1960. The van der Waals surface area contributed by atoms with Gasteiger partial charge >= 0.3 is 0 Å². The number of nitrogens with zero attached hydrogens (tertiary/aromatic N) is 2. The summed E-state index contributed by atoms with van der Waals surface area (Å²) in [4.78, 5) is 87.0. The second-order valence-corrected chi connectivity index (χ2v) is 14.9. The summed E-state index contributed by atoms with van der Waals surface area (Å²) in [6.07, 6.45) is 5.78. The van der Waals surface area contributed by atoms with Crippen LogP contribution in [0.2, 0.25) is 0 Å². The van der Waals surface area contributed by atoms with Crippen LogP contribution in [0.4, 0.5) is 0 Å².